The van der Waals surface area contributed by atoms with E-state index >= 15 is 0 Å². The maximum Gasteiger partial charge on any atom is 0.233 e. The molecule has 2 aromatic carbocycles. The van der Waals surface area contributed by atoms with Crippen LogP contribution in [0.25, 0.3) is 10.9 Å². The third kappa shape index (κ3) is 6.68. The monoisotopic (exact) mass is 550 g/mol. The first-order valence-corrected chi connectivity index (χ1v) is 13.0. The van der Waals surface area contributed by atoms with Crippen molar-refractivity contribution < 1.29 is 14.2 Å². The smallest absolute Gasteiger partial charge is 0.233 e. The van der Waals surface area contributed by atoms with Crippen LogP contribution < -0.4 is 30.3 Å². The average molecular weight is 551 g/mol. The van der Waals surface area contributed by atoms with Crippen molar-refractivity contribution in [2.24, 2.45) is 0 Å². The molecule has 4 aromatic rings. The molecule has 1 unspecified atom stereocenters. The molecule has 3 heterocycles. The Bertz CT molecular complexity index is 1410. The molecule has 0 saturated carbocycles. The van der Waals surface area contributed by atoms with Gasteiger partial charge in [0.25, 0.3) is 0 Å². The average Bonchev–Trinajstić information content (AvgIpc) is 2.96. The fourth-order valence-electron chi connectivity index (χ4n) is 4.21. The second-order valence-corrected chi connectivity index (χ2v) is 9.49. The van der Waals surface area contributed by atoms with Gasteiger partial charge in [0.05, 0.1) is 33.0 Å². The van der Waals surface area contributed by atoms with Crippen LogP contribution in [-0.4, -0.2) is 73.0 Å². The zero-order chi connectivity index (χ0) is 27.2. The molecule has 0 spiro atoms. The topological polar surface area (TPSA) is 119 Å². The summed E-state index contributed by atoms with van der Waals surface area (Å²) in [6.07, 6.45) is 1.77. The Morgan fingerprint density at radius 1 is 0.974 bits per heavy atom. The molecule has 0 amide bonds. The van der Waals surface area contributed by atoms with Gasteiger partial charge in [-0.2, -0.15) is 15.0 Å². The fourth-order valence-corrected chi connectivity index (χ4v) is 4.37. The number of pyridine rings is 1. The van der Waals surface area contributed by atoms with E-state index < -0.39 is 0 Å². The number of methoxy groups -OCH3 is 2. The lowest BCUT2D eigenvalue weighted by Crippen LogP contribution is -2.37. The van der Waals surface area contributed by atoms with Crippen LogP contribution in [0.15, 0.2) is 48.7 Å². The highest BCUT2D eigenvalue weighted by atomic mass is 35.5. The van der Waals surface area contributed by atoms with Gasteiger partial charge in [0.1, 0.15) is 11.5 Å². The lowest BCUT2D eigenvalue weighted by atomic mass is 10.2. The van der Waals surface area contributed by atoms with Crippen LogP contribution in [0.3, 0.4) is 0 Å². The summed E-state index contributed by atoms with van der Waals surface area (Å²) in [5.74, 6) is 2.75. The number of hydrogen-bond donors (Lipinski definition) is 3. The molecule has 1 atom stereocenters. The standard InChI is InChI=1S/C27H31ClN8O3/c1-17(16-30-23-6-7-29-24-12-18(28)4-5-22(23)24)31-25-33-26(35-27(34-25)36-8-10-39-11-9-36)32-19-13-20(37-2)15-21(14-19)38-3/h4-7,12-15,17H,8-11,16H2,1-3H3,(H,29,30)(H2,31,32,33,34,35). The normalized spacial score (nSPS) is 14.1. The number of nitrogens with one attached hydrogen (secondary N) is 3. The molecule has 1 aliphatic rings. The number of benzene rings is 2. The summed E-state index contributed by atoms with van der Waals surface area (Å²) in [6, 6.07) is 13.1. The highest BCUT2D eigenvalue weighted by Gasteiger charge is 2.18. The summed E-state index contributed by atoms with van der Waals surface area (Å²) >= 11 is 6.13. The highest BCUT2D eigenvalue weighted by molar-refractivity contribution is 6.31. The lowest BCUT2D eigenvalue weighted by molar-refractivity contribution is 0.122. The number of fused-ring (bicyclic) bond motifs is 1. The molecule has 39 heavy (non-hydrogen) atoms. The first kappa shape index (κ1) is 26.5. The molecule has 1 fully saturated rings. The number of anilines is 5. The zero-order valence-electron chi connectivity index (χ0n) is 22.1. The molecular formula is C27H31ClN8O3. The summed E-state index contributed by atoms with van der Waals surface area (Å²) in [6.45, 7) is 5.32. The van der Waals surface area contributed by atoms with Crippen molar-refractivity contribution in [1.82, 2.24) is 19.9 Å². The minimum absolute atomic E-state index is 0.00906. The molecular weight excluding hydrogens is 520 g/mol. The van der Waals surface area contributed by atoms with E-state index in [-0.39, 0.29) is 6.04 Å². The van der Waals surface area contributed by atoms with Crippen molar-refractivity contribution in [1.29, 1.82) is 0 Å². The van der Waals surface area contributed by atoms with Gasteiger partial charge in [0, 0.05) is 71.9 Å². The minimum Gasteiger partial charge on any atom is -0.497 e. The molecule has 2 aromatic heterocycles. The molecule has 1 aliphatic heterocycles. The number of halogens is 1. The predicted molar refractivity (Wildman–Crippen MR) is 154 cm³/mol. The van der Waals surface area contributed by atoms with Gasteiger partial charge < -0.3 is 35.1 Å². The highest BCUT2D eigenvalue weighted by Crippen LogP contribution is 2.28. The number of aromatic nitrogens is 4. The first-order chi connectivity index (χ1) is 19.0. The van der Waals surface area contributed by atoms with Crippen molar-refractivity contribution in [3.63, 3.8) is 0 Å². The van der Waals surface area contributed by atoms with E-state index in [0.29, 0.717) is 67.2 Å². The van der Waals surface area contributed by atoms with E-state index in [0.717, 1.165) is 22.3 Å². The van der Waals surface area contributed by atoms with Gasteiger partial charge in [0.15, 0.2) is 0 Å². The molecule has 3 N–H and O–H groups in total. The fraction of sp³-hybridized carbons (Fsp3) is 0.333. The van der Waals surface area contributed by atoms with Crippen molar-refractivity contribution >= 4 is 51.7 Å². The van der Waals surface area contributed by atoms with Crippen molar-refractivity contribution in [3.05, 3.63) is 53.7 Å². The molecule has 11 nitrogen and oxygen atoms in total. The Kier molecular flexibility index (Phi) is 8.28. The van der Waals surface area contributed by atoms with Crippen LogP contribution in [0.2, 0.25) is 5.02 Å². The Hall–Kier alpha value is -4.09. The van der Waals surface area contributed by atoms with Crippen molar-refractivity contribution in [3.8, 4) is 11.5 Å². The van der Waals surface area contributed by atoms with Gasteiger partial charge in [-0.25, -0.2) is 0 Å². The van der Waals surface area contributed by atoms with Crippen LogP contribution >= 0.6 is 11.6 Å². The second kappa shape index (κ2) is 12.2. The van der Waals surface area contributed by atoms with Crippen LogP contribution in [0.4, 0.5) is 29.2 Å². The molecule has 204 valence electrons. The number of hydrogen-bond acceptors (Lipinski definition) is 11. The summed E-state index contributed by atoms with van der Waals surface area (Å²) in [5, 5.41) is 11.8. The molecule has 0 radical (unpaired) electrons. The van der Waals surface area contributed by atoms with Crippen LogP contribution in [-0.2, 0) is 4.74 Å². The van der Waals surface area contributed by atoms with E-state index in [9.17, 15) is 0 Å². The summed E-state index contributed by atoms with van der Waals surface area (Å²) in [5.41, 5.74) is 2.55. The van der Waals surface area contributed by atoms with Crippen LogP contribution in [0.5, 0.6) is 11.5 Å². The molecule has 0 aliphatic carbocycles. The Balaban J connectivity index is 1.35. The maximum atomic E-state index is 6.13. The third-order valence-corrected chi connectivity index (χ3v) is 6.44. The number of morpholine rings is 1. The van der Waals surface area contributed by atoms with E-state index in [1.807, 2.05) is 36.4 Å². The summed E-state index contributed by atoms with van der Waals surface area (Å²) in [4.78, 5) is 20.6. The first-order valence-electron chi connectivity index (χ1n) is 12.6. The van der Waals surface area contributed by atoms with E-state index in [1.165, 1.54) is 0 Å². The van der Waals surface area contributed by atoms with Crippen molar-refractivity contribution in [2.75, 3.05) is 67.9 Å². The quantitative estimate of drug-likeness (QED) is 0.257. The Morgan fingerprint density at radius 2 is 1.72 bits per heavy atom. The summed E-state index contributed by atoms with van der Waals surface area (Å²) < 4.78 is 16.3. The number of ether oxygens (including phenoxy) is 3. The molecule has 12 heteroatoms. The zero-order valence-corrected chi connectivity index (χ0v) is 22.8. The van der Waals surface area contributed by atoms with Gasteiger partial charge in [0.2, 0.25) is 17.8 Å². The van der Waals surface area contributed by atoms with E-state index in [1.54, 1.807) is 26.5 Å². The van der Waals surface area contributed by atoms with Gasteiger partial charge in [-0.3, -0.25) is 4.98 Å². The van der Waals surface area contributed by atoms with E-state index in [2.05, 4.69) is 42.7 Å². The van der Waals surface area contributed by atoms with Crippen LogP contribution in [0, 0.1) is 0 Å². The molecule has 5 rings (SSSR count). The van der Waals surface area contributed by atoms with Gasteiger partial charge >= 0.3 is 0 Å². The SMILES string of the molecule is COc1cc(Nc2nc(NC(C)CNc3ccnc4cc(Cl)ccc34)nc(N3CCOCC3)n2)cc(OC)c1. The van der Waals surface area contributed by atoms with Gasteiger partial charge in [-0.15, -0.1) is 0 Å². The Labute approximate surface area is 231 Å². The van der Waals surface area contributed by atoms with Gasteiger partial charge in [-0.1, -0.05) is 11.6 Å². The maximum absolute atomic E-state index is 6.13. The predicted octanol–water partition coefficient (Wildman–Crippen LogP) is 4.58. The summed E-state index contributed by atoms with van der Waals surface area (Å²) in [7, 11) is 3.22. The minimum atomic E-state index is -0.00906. The lowest BCUT2D eigenvalue weighted by Gasteiger charge is -2.27. The van der Waals surface area contributed by atoms with Gasteiger partial charge in [-0.05, 0) is 31.2 Å². The third-order valence-electron chi connectivity index (χ3n) is 6.20. The Morgan fingerprint density at radius 3 is 2.46 bits per heavy atom. The molecule has 1 saturated heterocycles. The van der Waals surface area contributed by atoms with Crippen molar-refractivity contribution in [2.45, 2.75) is 13.0 Å². The largest absolute Gasteiger partial charge is 0.497 e. The number of rotatable bonds is 10. The molecule has 0 bridgehead atoms. The van der Waals surface area contributed by atoms with Crippen LogP contribution in [0.1, 0.15) is 6.92 Å². The second-order valence-electron chi connectivity index (χ2n) is 9.05. The number of nitrogens with zero attached hydrogens (tertiary/aromatic N) is 5. The van der Waals surface area contributed by atoms with E-state index in [4.69, 9.17) is 30.8 Å².